The Morgan fingerprint density at radius 3 is 2.71 bits per heavy atom. The summed E-state index contributed by atoms with van der Waals surface area (Å²) in [6.45, 7) is 2.01. The highest BCUT2D eigenvalue weighted by molar-refractivity contribution is 5.94. The van der Waals surface area contributed by atoms with E-state index in [1.165, 1.54) is 4.90 Å². The number of carboxylic acid groups (broad SMARTS) is 1. The number of aliphatic carboxylic acids is 1. The van der Waals surface area contributed by atoms with Gasteiger partial charge in [0, 0.05) is 12.7 Å². The third-order valence-corrected chi connectivity index (χ3v) is 3.42. The van der Waals surface area contributed by atoms with E-state index in [1.807, 2.05) is 4.98 Å². The molecule has 0 spiro atoms. The summed E-state index contributed by atoms with van der Waals surface area (Å²) in [4.78, 5) is 51.7. The van der Waals surface area contributed by atoms with Crippen LogP contribution in [-0.2, 0) is 9.53 Å². The fourth-order valence-corrected chi connectivity index (χ4v) is 2.34. The van der Waals surface area contributed by atoms with Crippen LogP contribution in [-0.4, -0.2) is 57.7 Å². The first-order valence-electron chi connectivity index (χ1n) is 6.39. The summed E-state index contributed by atoms with van der Waals surface area (Å²) in [7, 11) is 0. The van der Waals surface area contributed by atoms with E-state index in [9.17, 15) is 19.2 Å². The zero-order valence-electron chi connectivity index (χ0n) is 11.3. The zero-order valence-corrected chi connectivity index (χ0v) is 11.3. The van der Waals surface area contributed by atoms with Gasteiger partial charge >= 0.3 is 11.7 Å². The first kappa shape index (κ1) is 15.0. The fourth-order valence-electron chi connectivity index (χ4n) is 2.34. The van der Waals surface area contributed by atoms with E-state index >= 15 is 0 Å². The lowest BCUT2D eigenvalue weighted by molar-refractivity contribution is -0.142. The minimum absolute atomic E-state index is 0.0196. The van der Waals surface area contributed by atoms with Crippen LogP contribution in [0.1, 0.15) is 17.3 Å². The molecule has 2 atom stereocenters. The molecular weight excluding hydrogens is 282 g/mol. The van der Waals surface area contributed by atoms with E-state index in [0.29, 0.717) is 0 Å². The van der Waals surface area contributed by atoms with Gasteiger partial charge in [0.2, 0.25) is 0 Å². The van der Waals surface area contributed by atoms with Crippen molar-refractivity contribution in [2.75, 3.05) is 19.8 Å². The van der Waals surface area contributed by atoms with Gasteiger partial charge in [0.05, 0.1) is 19.3 Å². The minimum Gasteiger partial charge on any atom is -0.481 e. The summed E-state index contributed by atoms with van der Waals surface area (Å²) < 4.78 is 5.13. The Morgan fingerprint density at radius 2 is 2.14 bits per heavy atom. The second-order valence-corrected chi connectivity index (χ2v) is 4.63. The van der Waals surface area contributed by atoms with E-state index in [-0.39, 0.29) is 25.3 Å². The predicted octanol–water partition coefficient (Wildman–Crippen LogP) is -1.38. The third-order valence-electron chi connectivity index (χ3n) is 3.42. The molecule has 114 valence electrons. The number of rotatable bonds is 4. The Labute approximate surface area is 118 Å². The van der Waals surface area contributed by atoms with E-state index in [2.05, 4.69) is 4.98 Å². The quantitative estimate of drug-likeness (QED) is 0.627. The molecule has 1 aliphatic heterocycles. The number of amides is 1. The fraction of sp³-hybridized carbons (Fsp3) is 0.500. The minimum atomic E-state index is -1.06. The predicted molar refractivity (Wildman–Crippen MR) is 70.1 cm³/mol. The van der Waals surface area contributed by atoms with Crippen LogP contribution in [0.2, 0.25) is 0 Å². The maximum Gasteiger partial charge on any atom is 0.325 e. The number of aromatic nitrogens is 2. The number of ether oxygens (including phenoxy) is 1. The van der Waals surface area contributed by atoms with Gasteiger partial charge in [0.1, 0.15) is 11.5 Å². The molecule has 0 aromatic carbocycles. The number of hydrogen-bond acceptors (Lipinski definition) is 5. The van der Waals surface area contributed by atoms with Gasteiger partial charge in [-0.05, 0) is 6.92 Å². The average molecular weight is 297 g/mol. The van der Waals surface area contributed by atoms with Crippen molar-refractivity contribution in [1.29, 1.82) is 0 Å². The van der Waals surface area contributed by atoms with Gasteiger partial charge < -0.3 is 19.7 Å². The molecule has 1 aliphatic rings. The van der Waals surface area contributed by atoms with Gasteiger partial charge in [-0.1, -0.05) is 0 Å². The van der Waals surface area contributed by atoms with Crippen molar-refractivity contribution in [2.24, 2.45) is 5.92 Å². The first-order chi connectivity index (χ1) is 9.95. The molecule has 1 amide bonds. The van der Waals surface area contributed by atoms with Crippen LogP contribution in [0.5, 0.6) is 0 Å². The molecule has 1 fully saturated rings. The van der Waals surface area contributed by atoms with Crippen molar-refractivity contribution in [2.45, 2.75) is 13.0 Å². The molecule has 2 unspecified atom stereocenters. The summed E-state index contributed by atoms with van der Waals surface area (Å²) in [6, 6.07) is -0.647. The highest BCUT2D eigenvalue weighted by Crippen LogP contribution is 2.21. The molecule has 0 saturated carbocycles. The lowest BCUT2D eigenvalue weighted by Gasteiger charge is -2.29. The van der Waals surface area contributed by atoms with Crippen LogP contribution in [0, 0.1) is 5.92 Å². The molecule has 0 radical (unpaired) electrons. The van der Waals surface area contributed by atoms with Crippen LogP contribution >= 0.6 is 0 Å². The number of nitrogens with one attached hydrogen (secondary N) is 2. The Bertz CT molecular complexity index is 663. The summed E-state index contributed by atoms with van der Waals surface area (Å²) in [5.41, 5.74) is -1.77. The summed E-state index contributed by atoms with van der Waals surface area (Å²) in [6.07, 6.45) is 1.03. The van der Waals surface area contributed by atoms with Crippen LogP contribution in [0.15, 0.2) is 15.8 Å². The first-order valence-corrected chi connectivity index (χ1v) is 6.39. The molecule has 9 nitrogen and oxygen atoms in total. The van der Waals surface area contributed by atoms with E-state index in [4.69, 9.17) is 9.84 Å². The summed E-state index contributed by atoms with van der Waals surface area (Å²) in [5, 5.41) is 9.14. The standard InChI is InChI=1S/C12H15N3O6/c1-2-15(8-5-21-4-7(8)11(18)19)10(17)6-3-13-12(20)14-9(6)16/h3,7-8H,2,4-5H2,1H3,(H,18,19)(H2,13,14,16,20). The molecule has 0 aliphatic carbocycles. The number of hydrogen-bond donors (Lipinski definition) is 3. The van der Waals surface area contributed by atoms with Crippen LogP contribution in [0.4, 0.5) is 0 Å². The number of likely N-dealkylation sites (N-methyl/N-ethyl adjacent to an activating group) is 1. The van der Waals surface area contributed by atoms with E-state index in [1.54, 1.807) is 6.92 Å². The number of H-pyrrole nitrogens is 2. The second-order valence-electron chi connectivity index (χ2n) is 4.63. The Morgan fingerprint density at radius 1 is 1.43 bits per heavy atom. The molecule has 1 aromatic heterocycles. The average Bonchev–Trinajstić information content (AvgIpc) is 2.88. The van der Waals surface area contributed by atoms with Gasteiger partial charge in [0.15, 0.2) is 0 Å². The van der Waals surface area contributed by atoms with Gasteiger partial charge in [0.25, 0.3) is 11.5 Å². The van der Waals surface area contributed by atoms with Crippen molar-refractivity contribution in [1.82, 2.24) is 14.9 Å². The molecule has 1 aromatic rings. The van der Waals surface area contributed by atoms with Crippen molar-refractivity contribution < 1.29 is 19.4 Å². The number of carbonyl (C=O) groups is 2. The van der Waals surface area contributed by atoms with Crippen LogP contribution in [0.3, 0.4) is 0 Å². The van der Waals surface area contributed by atoms with Gasteiger partial charge in [-0.2, -0.15) is 0 Å². The molecule has 2 heterocycles. The lowest BCUT2D eigenvalue weighted by atomic mass is 10.0. The number of nitrogens with zero attached hydrogens (tertiary/aromatic N) is 1. The summed E-state index contributed by atoms with van der Waals surface area (Å²) in [5.74, 6) is -2.54. The number of carbonyl (C=O) groups excluding carboxylic acids is 1. The zero-order chi connectivity index (χ0) is 15.6. The molecule has 2 rings (SSSR count). The smallest absolute Gasteiger partial charge is 0.325 e. The molecule has 3 N–H and O–H groups in total. The van der Waals surface area contributed by atoms with Crippen LogP contribution < -0.4 is 11.2 Å². The van der Waals surface area contributed by atoms with E-state index in [0.717, 1.165) is 6.20 Å². The Kier molecular flexibility index (Phi) is 4.22. The number of carboxylic acids is 1. The molecule has 21 heavy (non-hydrogen) atoms. The maximum atomic E-state index is 12.4. The largest absolute Gasteiger partial charge is 0.481 e. The Balaban J connectivity index is 2.32. The molecule has 0 bridgehead atoms. The van der Waals surface area contributed by atoms with Gasteiger partial charge in [-0.25, -0.2) is 4.79 Å². The maximum absolute atomic E-state index is 12.4. The topological polar surface area (TPSA) is 133 Å². The highest BCUT2D eigenvalue weighted by Gasteiger charge is 2.40. The molecule has 9 heteroatoms. The van der Waals surface area contributed by atoms with Crippen LogP contribution in [0.25, 0.3) is 0 Å². The van der Waals surface area contributed by atoms with Gasteiger partial charge in [-0.15, -0.1) is 0 Å². The second kappa shape index (κ2) is 5.92. The van der Waals surface area contributed by atoms with Gasteiger partial charge in [-0.3, -0.25) is 19.4 Å². The monoisotopic (exact) mass is 297 g/mol. The summed E-state index contributed by atoms with van der Waals surface area (Å²) >= 11 is 0. The normalized spacial score (nSPS) is 21.2. The Hall–Kier alpha value is -2.42. The van der Waals surface area contributed by atoms with Crippen molar-refractivity contribution in [3.63, 3.8) is 0 Å². The molecule has 1 saturated heterocycles. The van der Waals surface area contributed by atoms with E-state index < -0.39 is 35.1 Å². The lowest BCUT2D eigenvalue weighted by Crippen LogP contribution is -2.48. The van der Waals surface area contributed by atoms with Crippen molar-refractivity contribution >= 4 is 11.9 Å². The molecular formula is C12H15N3O6. The number of aromatic amines is 2. The SMILES string of the molecule is CCN(C(=O)c1c[nH]c(=O)[nH]c1=O)C1COCC1C(=O)O. The van der Waals surface area contributed by atoms with Crippen molar-refractivity contribution in [3.8, 4) is 0 Å². The highest BCUT2D eigenvalue weighted by atomic mass is 16.5. The third kappa shape index (κ3) is 2.87. The van der Waals surface area contributed by atoms with Crippen molar-refractivity contribution in [3.05, 3.63) is 32.6 Å².